The SMILES string of the molecule is C/N=C\N=C(/C)N(N)CCCN(C)C. The van der Waals surface area contributed by atoms with E-state index in [1.165, 1.54) is 6.34 Å². The summed E-state index contributed by atoms with van der Waals surface area (Å²) in [5.41, 5.74) is 0. The summed E-state index contributed by atoms with van der Waals surface area (Å²) in [4.78, 5) is 9.95. The zero-order valence-electron chi connectivity index (χ0n) is 9.56. The van der Waals surface area contributed by atoms with Crippen LogP contribution < -0.4 is 5.84 Å². The lowest BCUT2D eigenvalue weighted by atomic mass is 10.4. The van der Waals surface area contributed by atoms with E-state index in [0.29, 0.717) is 0 Å². The molecular formula is C9H21N5. The van der Waals surface area contributed by atoms with Crippen LogP contribution in [-0.2, 0) is 0 Å². The highest BCUT2D eigenvalue weighted by atomic mass is 15.4. The third-order valence-corrected chi connectivity index (χ3v) is 1.78. The fourth-order valence-electron chi connectivity index (χ4n) is 0.935. The van der Waals surface area contributed by atoms with Crippen molar-refractivity contribution in [2.75, 3.05) is 34.2 Å². The summed E-state index contributed by atoms with van der Waals surface area (Å²) in [5, 5.41) is 1.64. The lowest BCUT2D eigenvalue weighted by Gasteiger charge is -2.18. The van der Waals surface area contributed by atoms with Crippen molar-refractivity contribution in [3.05, 3.63) is 0 Å². The van der Waals surface area contributed by atoms with E-state index in [-0.39, 0.29) is 0 Å². The largest absolute Gasteiger partial charge is 0.309 e. The maximum absolute atomic E-state index is 5.77. The average molecular weight is 199 g/mol. The molecule has 0 aromatic heterocycles. The highest BCUT2D eigenvalue weighted by Gasteiger charge is 2.00. The van der Waals surface area contributed by atoms with Crippen LogP contribution in [0.25, 0.3) is 0 Å². The highest BCUT2D eigenvalue weighted by Crippen LogP contribution is 1.89. The fourth-order valence-corrected chi connectivity index (χ4v) is 0.935. The molecule has 0 atom stereocenters. The standard InChI is InChI=1S/C9H21N5/c1-9(12-8-11-2)14(10)7-5-6-13(3)4/h8H,5-7,10H2,1-4H3/b11-8-,12-9+. The molecule has 0 fully saturated rings. The van der Waals surface area contributed by atoms with Gasteiger partial charge in [0, 0.05) is 13.6 Å². The van der Waals surface area contributed by atoms with Crippen LogP contribution >= 0.6 is 0 Å². The van der Waals surface area contributed by atoms with E-state index < -0.39 is 0 Å². The number of rotatable bonds is 5. The molecule has 0 aliphatic heterocycles. The summed E-state index contributed by atoms with van der Waals surface area (Å²) in [6.07, 6.45) is 2.53. The minimum atomic E-state index is 0.786. The van der Waals surface area contributed by atoms with Gasteiger partial charge >= 0.3 is 0 Å². The van der Waals surface area contributed by atoms with Crippen LogP contribution in [0.4, 0.5) is 0 Å². The van der Waals surface area contributed by atoms with Gasteiger partial charge in [-0.1, -0.05) is 0 Å². The highest BCUT2D eigenvalue weighted by molar-refractivity contribution is 5.86. The molecule has 0 aliphatic carbocycles. The normalized spacial score (nSPS) is 12.9. The second-order valence-electron chi connectivity index (χ2n) is 3.40. The summed E-state index contributed by atoms with van der Waals surface area (Å²) in [6.45, 7) is 3.71. The molecule has 5 heteroatoms. The monoisotopic (exact) mass is 199 g/mol. The van der Waals surface area contributed by atoms with Gasteiger partial charge in [-0.3, -0.25) is 10.0 Å². The summed E-state index contributed by atoms with van der Waals surface area (Å²) in [5.74, 6) is 6.55. The lowest BCUT2D eigenvalue weighted by Crippen LogP contribution is -2.37. The molecule has 0 radical (unpaired) electrons. The molecule has 5 nitrogen and oxygen atoms in total. The predicted octanol–water partition coefficient (Wildman–Crippen LogP) is 0.190. The molecule has 14 heavy (non-hydrogen) atoms. The molecule has 0 aromatic rings. The maximum atomic E-state index is 5.77. The van der Waals surface area contributed by atoms with Gasteiger partial charge in [0.2, 0.25) is 0 Å². The number of hydrogen-bond acceptors (Lipinski definition) is 3. The molecule has 0 heterocycles. The van der Waals surface area contributed by atoms with Gasteiger partial charge < -0.3 is 4.90 Å². The van der Waals surface area contributed by atoms with Gasteiger partial charge in [-0.25, -0.2) is 10.8 Å². The van der Waals surface area contributed by atoms with Crippen molar-refractivity contribution < 1.29 is 0 Å². The van der Waals surface area contributed by atoms with Crippen molar-refractivity contribution in [3.8, 4) is 0 Å². The lowest BCUT2D eigenvalue weighted by molar-refractivity contribution is 0.352. The van der Waals surface area contributed by atoms with Gasteiger partial charge in [0.05, 0.1) is 0 Å². The summed E-state index contributed by atoms with van der Waals surface area (Å²) >= 11 is 0. The number of nitrogens with two attached hydrogens (primary N) is 1. The first-order chi connectivity index (χ1) is 6.57. The molecule has 0 saturated carbocycles. The second-order valence-corrected chi connectivity index (χ2v) is 3.40. The van der Waals surface area contributed by atoms with E-state index >= 15 is 0 Å². The van der Waals surface area contributed by atoms with Crippen molar-refractivity contribution in [3.63, 3.8) is 0 Å². The molecule has 2 N–H and O–H groups in total. The Hall–Kier alpha value is -0.940. The molecule has 0 spiro atoms. The Kier molecular flexibility index (Phi) is 6.96. The fraction of sp³-hybridized carbons (Fsp3) is 0.778. The zero-order chi connectivity index (χ0) is 11.0. The van der Waals surface area contributed by atoms with Crippen LogP contribution in [-0.4, -0.2) is 56.3 Å². The number of nitrogens with zero attached hydrogens (tertiary/aromatic N) is 4. The molecule has 0 amide bonds. The van der Waals surface area contributed by atoms with Gasteiger partial charge in [-0.2, -0.15) is 0 Å². The average Bonchev–Trinajstić information content (AvgIpc) is 2.13. The molecule has 0 unspecified atom stereocenters. The Morgan fingerprint density at radius 1 is 1.36 bits per heavy atom. The van der Waals surface area contributed by atoms with E-state index in [0.717, 1.165) is 25.3 Å². The van der Waals surface area contributed by atoms with Gasteiger partial charge in [-0.05, 0) is 34.0 Å². The van der Waals surface area contributed by atoms with E-state index in [1.807, 2.05) is 21.0 Å². The Bertz CT molecular complexity index is 197. The van der Waals surface area contributed by atoms with Gasteiger partial charge in [0.1, 0.15) is 12.2 Å². The van der Waals surface area contributed by atoms with Gasteiger partial charge in [0.15, 0.2) is 0 Å². The molecule has 82 valence electrons. The Morgan fingerprint density at radius 2 is 2.00 bits per heavy atom. The van der Waals surface area contributed by atoms with Crippen LogP contribution in [0, 0.1) is 0 Å². The first-order valence-electron chi connectivity index (χ1n) is 4.70. The van der Waals surface area contributed by atoms with Crippen molar-refractivity contribution in [2.45, 2.75) is 13.3 Å². The van der Waals surface area contributed by atoms with Crippen molar-refractivity contribution >= 4 is 12.2 Å². The Balaban J connectivity index is 3.78. The maximum Gasteiger partial charge on any atom is 0.117 e. The Labute approximate surface area is 86.3 Å². The second kappa shape index (κ2) is 7.46. The van der Waals surface area contributed by atoms with Crippen LogP contribution in [0.1, 0.15) is 13.3 Å². The van der Waals surface area contributed by atoms with E-state index in [4.69, 9.17) is 5.84 Å². The minimum Gasteiger partial charge on any atom is -0.309 e. The van der Waals surface area contributed by atoms with Gasteiger partial charge in [0.25, 0.3) is 0 Å². The summed E-state index contributed by atoms with van der Waals surface area (Å²) in [6, 6.07) is 0. The summed E-state index contributed by atoms with van der Waals surface area (Å²) in [7, 11) is 5.78. The third kappa shape index (κ3) is 6.56. The molecule has 0 saturated heterocycles. The molecule has 0 aliphatic rings. The first-order valence-corrected chi connectivity index (χ1v) is 4.70. The van der Waals surface area contributed by atoms with E-state index in [1.54, 1.807) is 12.1 Å². The van der Waals surface area contributed by atoms with Crippen LogP contribution in [0.5, 0.6) is 0 Å². The Morgan fingerprint density at radius 3 is 2.50 bits per heavy atom. The summed E-state index contributed by atoms with van der Waals surface area (Å²) < 4.78 is 0. The van der Waals surface area contributed by atoms with Crippen molar-refractivity contribution in [1.82, 2.24) is 9.91 Å². The van der Waals surface area contributed by atoms with Crippen LogP contribution in [0.2, 0.25) is 0 Å². The topological polar surface area (TPSA) is 57.2 Å². The quantitative estimate of drug-likeness (QED) is 0.298. The first kappa shape index (κ1) is 13.1. The number of hydrogen-bond donors (Lipinski definition) is 1. The molecule has 0 aromatic carbocycles. The van der Waals surface area contributed by atoms with Gasteiger partial charge in [-0.15, -0.1) is 0 Å². The molecular weight excluding hydrogens is 178 g/mol. The zero-order valence-corrected chi connectivity index (χ0v) is 9.56. The predicted molar refractivity (Wildman–Crippen MR) is 61.6 cm³/mol. The van der Waals surface area contributed by atoms with E-state index in [2.05, 4.69) is 14.9 Å². The van der Waals surface area contributed by atoms with Crippen molar-refractivity contribution in [2.24, 2.45) is 15.8 Å². The minimum absolute atomic E-state index is 0.786. The molecule has 0 rings (SSSR count). The van der Waals surface area contributed by atoms with Crippen LogP contribution in [0.3, 0.4) is 0 Å². The smallest absolute Gasteiger partial charge is 0.117 e. The number of aliphatic imine (C=N–C) groups is 2. The molecule has 0 bridgehead atoms. The van der Waals surface area contributed by atoms with Crippen LogP contribution in [0.15, 0.2) is 9.98 Å². The third-order valence-electron chi connectivity index (χ3n) is 1.78. The van der Waals surface area contributed by atoms with Crippen molar-refractivity contribution in [1.29, 1.82) is 0 Å². The number of hydrazine groups is 1. The number of amidine groups is 1. The van der Waals surface area contributed by atoms with E-state index in [9.17, 15) is 0 Å².